The van der Waals surface area contributed by atoms with Gasteiger partial charge < -0.3 is 20.9 Å². The summed E-state index contributed by atoms with van der Waals surface area (Å²) < 4.78 is 4.88. The number of carbonyl (C=O) groups is 1. The fourth-order valence-electron chi connectivity index (χ4n) is 0.939. The molecule has 0 aromatic heterocycles. The number of nitrogens with two attached hydrogens (primary N) is 1. The molecule has 0 radical (unpaired) electrons. The third-order valence-electron chi connectivity index (χ3n) is 1.78. The molecule has 0 aliphatic rings. The Morgan fingerprint density at radius 3 is 2.87 bits per heavy atom. The van der Waals surface area contributed by atoms with Gasteiger partial charge >= 0.3 is 0 Å². The summed E-state index contributed by atoms with van der Waals surface area (Å²) in [4.78, 5) is 11.3. The summed E-state index contributed by atoms with van der Waals surface area (Å²) in [5.41, 5.74) is 5.34. The number of carbonyl (C=O) groups excluding carboxylic acids is 1. The number of aliphatic hydroxyl groups excluding tert-OH is 1. The fourth-order valence-corrected chi connectivity index (χ4v) is 1.72. The minimum absolute atomic E-state index is 0.164. The average Bonchev–Trinajstić information content (AvgIpc) is 2.25. The Kier molecular flexibility index (Phi) is 10.0. The maximum absolute atomic E-state index is 11.3. The van der Waals surface area contributed by atoms with Gasteiger partial charge in [-0.15, -0.1) is 0 Å². The van der Waals surface area contributed by atoms with Crippen LogP contribution < -0.4 is 11.1 Å². The Morgan fingerprint density at radius 2 is 2.33 bits per heavy atom. The summed E-state index contributed by atoms with van der Waals surface area (Å²) in [6.45, 7) is 1.02. The second-order valence-corrected chi connectivity index (χ2v) is 4.17. The van der Waals surface area contributed by atoms with Crippen LogP contribution >= 0.6 is 11.8 Å². The first-order chi connectivity index (χ1) is 7.26. The normalized spacial score (nSPS) is 12.5. The molecule has 0 rings (SSSR count). The molecule has 0 saturated heterocycles. The van der Waals surface area contributed by atoms with Gasteiger partial charge in [0, 0.05) is 32.6 Å². The molecule has 90 valence electrons. The van der Waals surface area contributed by atoms with Gasteiger partial charge in [-0.2, -0.15) is 11.8 Å². The Labute approximate surface area is 94.7 Å². The highest BCUT2D eigenvalue weighted by Gasteiger charge is 2.14. The van der Waals surface area contributed by atoms with Crippen LogP contribution in [0.5, 0.6) is 0 Å². The van der Waals surface area contributed by atoms with E-state index in [0.717, 1.165) is 17.9 Å². The number of methoxy groups -OCH3 is 1. The highest BCUT2D eigenvalue weighted by Crippen LogP contribution is 2.00. The number of hydrogen-bond acceptors (Lipinski definition) is 5. The van der Waals surface area contributed by atoms with Crippen molar-refractivity contribution in [1.29, 1.82) is 0 Å². The molecular formula is C9H20N2O3S. The van der Waals surface area contributed by atoms with Crippen LogP contribution in [0.3, 0.4) is 0 Å². The average molecular weight is 236 g/mol. The Balaban J connectivity index is 3.38. The third kappa shape index (κ3) is 7.61. The van der Waals surface area contributed by atoms with Crippen LogP contribution in [-0.4, -0.2) is 55.4 Å². The van der Waals surface area contributed by atoms with Crippen molar-refractivity contribution in [2.24, 2.45) is 5.73 Å². The molecule has 0 fully saturated rings. The maximum Gasteiger partial charge on any atom is 0.250 e. The van der Waals surface area contributed by atoms with E-state index in [1.165, 1.54) is 7.11 Å². The van der Waals surface area contributed by atoms with Crippen molar-refractivity contribution in [2.75, 3.05) is 38.3 Å². The van der Waals surface area contributed by atoms with Crippen molar-refractivity contribution < 1.29 is 14.6 Å². The monoisotopic (exact) mass is 236 g/mol. The zero-order valence-electron chi connectivity index (χ0n) is 9.07. The highest BCUT2D eigenvalue weighted by atomic mass is 32.2. The number of rotatable bonds is 9. The maximum atomic E-state index is 11.3. The largest absolute Gasteiger partial charge is 0.396 e. The van der Waals surface area contributed by atoms with Crippen LogP contribution in [0.4, 0.5) is 0 Å². The van der Waals surface area contributed by atoms with Gasteiger partial charge in [-0.1, -0.05) is 0 Å². The molecule has 0 saturated carbocycles. The van der Waals surface area contributed by atoms with Gasteiger partial charge in [-0.25, -0.2) is 0 Å². The Bertz CT molecular complexity index is 165. The van der Waals surface area contributed by atoms with E-state index >= 15 is 0 Å². The lowest BCUT2D eigenvalue weighted by Gasteiger charge is -2.12. The van der Waals surface area contributed by atoms with Gasteiger partial charge in [0.15, 0.2) is 0 Å². The summed E-state index contributed by atoms with van der Waals surface area (Å²) in [6.07, 6.45) is 0.245. The number of aliphatic hydroxyl groups is 1. The van der Waals surface area contributed by atoms with Gasteiger partial charge in [0.1, 0.15) is 6.10 Å². The van der Waals surface area contributed by atoms with E-state index in [4.69, 9.17) is 15.6 Å². The Hall–Kier alpha value is -0.300. The third-order valence-corrected chi connectivity index (χ3v) is 2.85. The lowest BCUT2D eigenvalue weighted by molar-refractivity contribution is -0.130. The quantitative estimate of drug-likeness (QED) is 0.456. The lowest BCUT2D eigenvalue weighted by atomic mass is 10.3. The van der Waals surface area contributed by atoms with Gasteiger partial charge in [-0.05, 0) is 12.2 Å². The van der Waals surface area contributed by atoms with Crippen LogP contribution in [0.15, 0.2) is 0 Å². The summed E-state index contributed by atoms with van der Waals surface area (Å²) in [6, 6.07) is 0. The number of ether oxygens (including phenoxy) is 1. The standard InChI is InChI=1S/C9H20N2O3S/c1-14-8(7-10)9(13)11-3-6-15-5-2-4-12/h8,12H,2-7,10H2,1H3,(H,11,13). The molecule has 0 bridgehead atoms. The van der Waals surface area contributed by atoms with Crippen LogP contribution in [0, 0.1) is 0 Å². The summed E-state index contributed by atoms with van der Waals surface area (Å²) >= 11 is 1.70. The summed E-state index contributed by atoms with van der Waals surface area (Å²) in [5, 5.41) is 11.3. The summed E-state index contributed by atoms with van der Waals surface area (Å²) in [5.74, 6) is 1.59. The first-order valence-corrected chi connectivity index (χ1v) is 6.11. The second kappa shape index (κ2) is 10.2. The van der Waals surface area contributed by atoms with Crippen LogP contribution in [0.1, 0.15) is 6.42 Å². The van der Waals surface area contributed by atoms with Crippen molar-refractivity contribution in [3.05, 3.63) is 0 Å². The van der Waals surface area contributed by atoms with E-state index in [-0.39, 0.29) is 19.1 Å². The van der Waals surface area contributed by atoms with Gasteiger partial charge in [0.2, 0.25) is 5.91 Å². The van der Waals surface area contributed by atoms with E-state index in [2.05, 4.69) is 5.32 Å². The molecule has 0 aromatic rings. The molecule has 6 heteroatoms. The van der Waals surface area contributed by atoms with Gasteiger partial charge in [0.25, 0.3) is 0 Å². The van der Waals surface area contributed by atoms with Crippen molar-refractivity contribution in [3.8, 4) is 0 Å². The molecule has 0 spiro atoms. The zero-order chi connectivity index (χ0) is 11.5. The predicted octanol–water partition coefficient (Wildman–Crippen LogP) is -0.808. The highest BCUT2D eigenvalue weighted by molar-refractivity contribution is 7.99. The van der Waals surface area contributed by atoms with Crippen molar-refractivity contribution in [1.82, 2.24) is 5.32 Å². The summed E-state index contributed by atoms with van der Waals surface area (Å²) in [7, 11) is 1.47. The Morgan fingerprint density at radius 1 is 1.60 bits per heavy atom. The molecule has 1 unspecified atom stereocenters. The number of amides is 1. The lowest BCUT2D eigenvalue weighted by Crippen LogP contribution is -2.41. The molecule has 4 N–H and O–H groups in total. The smallest absolute Gasteiger partial charge is 0.250 e. The number of nitrogens with one attached hydrogen (secondary N) is 1. The molecule has 15 heavy (non-hydrogen) atoms. The first kappa shape index (κ1) is 14.7. The first-order valence-electron chi connectivity index (χ1n) is 4.95. The van der Waals surface area contributed by atoms with Gasteiger partial charge in [0.05, 0.1) is 0 Å². The molecule has 1 amide bonds. The minimum Gasteiger partial charge on any atom is -0.396 e. The second-order valence-electron chi connectivity index (χ2n) is 2.94. The number of thioether (sulfide) groups is 1. The topological polar surface area (TPSA) is 84.6 Å². The molecule has 0 aliphatic heterocycles. The zero-order valence-corrected chi connectivity index (χ0v) is 9.89. The van der Waals surface area contributed by atoms with Crippen molar-refractivity contribution in [2.45, 2.75) is 12.5 Å². The van der Waals surface area contributed by atoms with Gasteiger partial charge in [-0.3, -0.25) is 4.79 Å². The molecule has 0 aliphatic carbocycles. The molecule has 5 nitrogen and oxygen atoms in total. The predicted molar refractivity (Wildman–Crippen MR) is 61.9 cm³/mol. The molecular weight excluding hydrogens is 216 g/mol. The van der Waals surface area contributed by atoms with Crippen LogP contribution in [-0.2, 0) is 9.53 Å². The van der Waals surface area contributed by atoms with E-state index < -0.39 is 6.10 Å². The van der Waals surface area contributed by atoms with Crippen LogP contribution in [0.2, 0.25) is 0 Å². The minimum atomic E-state index is -0.549. The van der Waals surface area contributed by atoms with Crippen LogP contribution in [0.25, 0.3) is 0 Å². The van der Waals surface area contributed by atoms with E-state index in [1.807, 2.05) is 0 Å². The SMILES string of the molecule is COC(CN)C(=O)NCCSCCCO. The molecule has 1 atom stereocenters. The number of hydrogen-bond donors (Lipinski definition) is 3. The van der Waals surface area contributed by atoms with E-state index in [1.54, 1.807) is 11.8 Å². The van der Waals surface area contributed by atoms with Crippen molar-refractivity contribution >= 4 is 17.7 Å². The molecule has 0 heterocycles. The van der Waals surface area contributed by atoms with E-state index in [0.29, 0.717) is 6.54 Å². The van der Waals surface area contributed by atoms with Crippen molar-refractivity contribution in [3.63, 3.8) is 0 Å². The molecule has 0 aromatic carbocycles. The van der Waals surface area contributed by atoms with E-state index in [9.17, 15) is 4.79 Å². The fraction of sp³-hybridized carbons (Fsp3) is 0.889.